The summed E-state index contributed by atoms with van der Waals surface area (Å²) in [6.45, 7) is 3.99. The van der Waals surface area contributed by atoms with Crippen LogP contribution in [0.3, 0.4) is 0 Å². The zero-order valence-electron chi connectivity index (χ0n) is 14.9. The molecule has 1 atom stereocenters. The maximum Gasteiger partial charge on any atom is 0.258 e. The molecule has 0 fully saturated rings. The summed E-state index contributed by atoms with van der Waals surface area (Å²) in [5, 5.41) is 3.36. The van der Waals surface area contributed by atoms with Crippen LogP contribution in [0.15, 0.2) is 48.5 Å². The number of nitrogens with two attached hydrogens (primary N) is 1. The van der Waals surface area contributed by atoms with E-state index in [2.05, 4.69) is 19.2 Å². The molecule has 0 aliphatic carbocycles. The van der Waals surface area contributed by atoms with Gasteiger partial charge in [0.05, 0.1) is 11.6 Å². The highest BCUT2D eigenvalue weighted by molar-refractivity contribution is 6.31. The quantitative estimate of drug-likeness (QED) is 0.738. The van der Waals surface area contributed by atoms with Crippen LogP contribution >= 0.6 is 11.6 Å². The Morgan fingerprint density at radius 3 is 2.46 bits per heavy atom. The summed E-state index contributed by atoms with van der Waals surface area (Å²) < 4.78 is 5.49. The fourth-order valence-corrected chi connectivity index (χ4v) is 2.81. The van der Waals surface area contributed by atoms with Gasteiger partial charge in [0.25, 0.3) is 11.8 Å². The number of nitrogens with one attached hydrogen (secondary N) is 1. The molecule has 0 bridgehead atoms. The van der Waals surface area contributed by atoms with E-state index >= 15 is 0 Å². The fourth-order valence-electron chi connectivity index (χ4n) is 2.64. The number of hydrogen-bond donors (Lipinski definition) is 2. The second-order valence-corrected chi connectivity index (χ2v) is 6.89. The SMILES string of the molecule is CC(C)C[C@@H](NC(=O)COc1ccc(Cl)cc1C(N)=O)c1ccccc1. The molecule has 0 aromatic heterocycles. The number of hydrogen-bond acceptors (Lipinski definition) is 3. The number of amides is 2. The first-order chi connectivity index (χ1) is 12.4. The third kappa shape index (κ3) is 5.77. The summed E-state index contributed by atoms with van der Waals surface area (Å²) in [6, 6.07) is 14.2. The number of rotatable bonds is 8. The van der Waals surface area contributed by atoms with Crippen LogP contribution in [0.2, 0.25) is 5.02 Å². The van der Waals surface area contributed by atoms with E-state index in [9.17, 15) is 9.59 Å². The van der Waals surface area contributed by atoms with Crippen LogP contribution in [-0.4, -0.2) is 18.4 Å². The molecule has 5 nitrogen and oxygen atoms in total. The first-order valence-electron chi connectivity index (χ1n) is 8.43. The predicted octanol–water partition coefficient (Wildman–Crippen LogP) is 3.72. The number of halogens is 1. The molecular weight excluding hydrogens is 352 g/mol. The molecule has 6 heteroatoms. The number of carbonyl (C=O) groups excluding carboxylic acids is 2. The smallest absolute Gasteiger partial charge is 0.258 e. The van der Waals surface area contributed by atoms with Crippen molar-refractivity contribution in [3.8, 4) is 5.75 Å². The Kier molecular flexibility index (Phi) is 7.04. The molecule has 2 amide bonds. The van der Waals surface area contributed by atoms with Crippen molar-refractivity contribution in [3.63, 3.8) is 0 Å². The van der Waals surface area contributed by atoms with Gasteiger partial charge in [-0.05, 0) is 36.1 Å². The lowest BCUT2D eigenvalue weighted by molar-refractivity contribution is -0.124. The molecule has 3 N–H and O–H groups in total. The molecule has 138 valence electrons. The molecule has 2 aromatic rings. The van der Waals surface area contributed by atoms with Crippen molar-refractivity contribution in [1.29, 1.82) is 0 Å². The van der Waals surface area contributed by atoms with Gasteiger partial charge in [-0.25, -0.2) is 0 Å². The van der Waals surface area contributed by atoms with Crippen LogP contribution < -0.4 is 15.8 Å². The maximum atomic E-state index is 12.4. The van der Waals surface area contributed by atoms with Crippen molar-refractivity contribution in [3.05, 3.63) is 64.7 Å². The molecule has 0 spiro atoms. The van der Waals surface area contributed by atoms with E-state index in [1.54, 1.807) is 6.07 Å². The third-order valence-corrected chi connectivity index (χ3v) is 4.05. The van der Waals surface area contributed by atoms with Gasteiger partial charge in [0.15, 0.2) is 6.61 Å². The van der Waals surface area contributed by atoms with Crippen molar-refractivity contribution >= 4 is 23.4 Å². The Bertz CT molecular complexity index is 763. The van der Waals surface area contributed by atoms with Crippen LogP contribution in [0, 0.1) is 5.92 Å². The van der Waals surface area contributed by atoms with Gasteiger partial charge in [-0.3, -0.25) is 9.59 Å². The van der Waals surface area contributed by atoms with Gasteiger partial charge in [0.1, 0.15) is 5.75 Å². The monoisotopic (exact) mass is 374 g/mol. The van der Waals surface area contributed by atoms with E-state index in [0.717, 1.165) is 12.0 Å². The van der Waals surface area contributed by atoms with Crippen molar-refractivity contribution < 1.29 is 14.3 Å². The van der Waals surface area contributed by atoms with Crippen molar-refractivity contribution in [1.82, 2.24) is 5.32 Å². The van der Waals surface area contributed by atoms with E-state index < -0.39 is 5.91 Å². The highest BCUT2D eigenvalue weighted by Crippen LogP contribution is 2.23. The lowest BCUT2D eigenvalue weighted by Crippen LogP contribution is -2.33. The lowest BCUT2D eigenvalue weighted by Gasteiger charge is -2.21. The zero-order chi connectivity index (χ0) is 19.1. The van der Waals surface area contributed by atoms with E-state index in [1.807, 2.05) is 30.3 Å². The topological polar surface area (TPSA) is 81.4 Å². The average molecular weight is 375 g/mol. The van der Waals surface area contributed by atoms with Gasteiger partial charge >= 0.3 is 0 Å². The molecule has 0 radical (unpaired) electrons. The molecule has 0 aliphatic rings. The minimum atomic E-state index is -0.662. The minimum Gasteiger partial charge on any atom is -0.483 e. The fraction of sp³-hybridized carbons (Fsp3) is 0.300. The van der Waals surface area contributed by atoms with Gasteiger partial charge in [0, 0.05) is 5.02 Å². The molecular formula is C20H23ClN2O3. The zero-order valence-corrected chi connectivity index (χ0v) is 15.6. The normalized spacial score (nSPS) is 11.8. The summed E-state index contributed by atoms with van der Waals surface area (Å²) in [6.07, 6.45) is 0.809. The summed E-state index contributed by atoms with van der Waals surface area (Å²) >= 11 is 5.87. The molecule has 0 unspecified atom stereocenters. The summed E-state index contributed by atoms with van der Waals surface area (Å²) in [4.78, 5) is 23.8. The van der Waals surface area contributed by atoms with Crippen molar-refractivity contribution in [2.45, 2.75) is 26.3 Å². The van der Waals surface area contributed by atoms with Gasteiger partial charge in [-0.1, -0.05) is 55.8 Å². The number of benzene rings is 2. The largest absolute Gasteiger partial charge is 0.483 e. The predicted molar refractivity (Wildman–Crippen MR) is 102 cm³/mol. The first kappa shape index (κ1) is 19.8. The molecule has 0 saturated carbocycles. The summed E-state index contributed by atoms with van der Waals surface area (Å²) in [5.41, 5.74) is 6.51. The maximum absolute atomic E-state index is 12.4. The van der Waals surface area contributed by atoms with Gasteiger partial charge in [-0.15, -0.1) is 0 Å². The number of carbonyl (C=O) groups is 2. The minimum absolute atomic E-state index is 0.104. The standard InChI is InChI=1S/C20H23ClN2O3/c1-13(2)10-17(14-6-4-3-5-7-14)23-19(24)12-26-18-9-8-15(21)11-16(18)20(22)25/h3-9,11,13,17H,10,12H2,1-2H3,(H2,22,25)(H,23,24)/t17-/m1/s1. The van der Waals surface area contributed by atoms with E-state index in [1.165, 1.54) is 12.1 Å². The Labute approximate surface area is 158 Å². The second-order valence-electron chi connectivity index (χ2n) is 6.45. The average Bonchev–Trinajstić information content (AvgIpc) is 2.60. The van der Waals surface area contributed by atoms with Gasteiger partial charge in [0.2, 0.25) is 0 Å². The van der Waals surface area contributed by atoms with Crippen molar-refractivity contribution in [2.24, 2.45) is 11.7 Å². The summed E-state index contributed by atoms with van der Waals surface area (Å²) in [5.74, 6) is -0.286. The first-order valence-corrected chi connectivity index (χ1v) is 8.81. The van der Waals surface area contributed by atoms with Crippen LogP contribution in [0.25, 0.3) is 0 Å². The lowest BCUT2D eigenvalue weighted by atomic mass is 9.97. The number of ether oxygens (including phenoxy) is 1. The number of primary amides is 1. The Balaban J connectivity index is 2.04. The summed E-state index contributed by atoms with van der Waals surface area (Å²) in [7, 11) is 0. The van der Waals surface area contributed by atoms with Crippen LogP contribution in [0.5, 0.6) is 5.75 Å². The van der Waals surface area contributed by atoms with Crippen LogP contribution in [0.1, 0.15) is 42.2 Å². The van der Waals surface area contributed by atoms with Crippen molar-refractivity contribution in [2.75, 3.05) is 6.61 Å². The third-order valence-electron chi connectivity index (χ3n) is 3.81. The molecule has 2 aromatic carbocycles. The molecule has 26 heavy (non-hydrogen) atoms. The molecule has 2 rings (SSSR count). The van der Waals surface area contributed by atoms with Crippen LogP contribution in [0.4, 0.5) is 0 Å². The van der Waals surface area contributed by atoms with Gasteiger partial charge < -0.3 is 15.8 Å². The Morgan fingerprint density at radius 2 is 1.85 bits per heavy atom. The van der Waals surface area contributed by atoms with E-state index in [-0.39, 0.29) is 29.9 Å². The highest BCUT2D eigenvalue weighted by Gasteiger charge is 2.17. The second kappa shape index (κ2) is 9.25. The molecule has 0 saturated heterocycles. The Hall–Kier alpha value is -2.53. The molecule has 0 heterocycles. The van der Waals surface area contributed by atoms with Crippen LogP contribution in [-0.2, 0) is 4.79 Å². The van der Waals surface area contributed by atoms with E-state index in [0.29, 0.717) is 10.9 Å². The molecule has 0 aliphatic heterocycles. The van der Waals surface area contributed by atoms with Gasteiger partial charge in [-0.2, -0.15) is 0 Å². The van der Waals surface area contributed by atoms with E-state index in [4.69, 9.17) is 22.1 Å². The highest BCUT2D eigenvalue weighted by atomic mass is 35.5. The Morgan fingerprint density at radius 1 is 1.15 bits per heavy atom.